The summed E-state index contributed by atoms with van der Waals surface area (Å²) in [6.45, 7) is 2.83. The number of rotatable bonds is 47. The van der Waals surface area contributed by atoms with Gasteiger partial charge in [0, 0.05) is 12.8 Å². The molecule has 0 spiro atoms. The lowest BCUT2D eigenvalue weighted by molar-refractivity contribution is -0.161. The molecule has 0 aliphatic rings. The van der Waals surface area contributed by atoms with E-state index >= 15 is 0 Å². The number of phosphoric ester groups is 1. The molecule has 0 heterocycles. The second-order valence-electron chi connectivity index (χ2n) is 17.0. The van der Waals surface area contributed by atoms with Gasteiger partial charge < -0.3 is 25.2 Å². The molecule has 354 valence electrons. The third kappa shape index (κ3) is 42.9. The van der Waals surface area contributed by atoms with Crippen LogP contribution in [-0.2, 0) is 37.5 Å². The molecule has 0 radical (unpaired) electrons. The Labute approximate surface area is 367 Å². The minimum Gasteiger partial charge on any atom is -0.480 e. The fraction of sp³-hybridized carbons (Fsp3) is 0.896. The first-order valence-electron chi connectivity index (χ1n) is 24.7. The number of unbranched alkanes of at least 4 members (excludes halogenated alkanes) is 31. The highest BCUT2D eigenvalue weighted by Gasteiger charge is 2.28. The van der Waals surface area contributed by atoms with Crippen molar-refractivity contribution in [2.45, 2.75) is 257 Å². The number of carbonyl (C=O) groups excluding carboxylic acids is 2. The van der Waals surface area contributed by atoms with Gasteiger partial charge in [0.15, 0.2) is 6.10 Å². The normalized spacial score (nSPS) is 13.7. The molecule has 1 unspecified atom stereocenters. The first kappa shape index (κ1) is 58.2. The summed E-state index contributed by atoms with van der Waals surface area (Å²) in [5.41, 5.74) is 5.35. The summed E-state index contributed by atoms with van der Waals surface area (Å²) >= 11 is 0. The quantitative estimate of drug-likeness (QED) is 0.0230. The third-order valence-electron chi connectivity index (χ3n) is 11.0. The van der Waals surface area contributed by atoms with Gasteiger partial charge in [0.25, 0.3) is 0 Å². The molecule has 4 N–H and O–H groups in total. The number of hydrogen-bond acceptors (Lipinski definition) is 9. The second-order valence-corrected chi connectivity index (χ2v) is 18.4. The van der Waals surface area contributed by atoms with E-state index in [2.05, 4.69) is 30.5 Å². The van der Waals surface area contributed by atoms with E-state index in [-0.39, 0.29) is 19.4 Å². The van der Waals surface area contributed by atoms with Crippen molar-refractivity contribution in [2.24, 2.45) is 5.73 Å². The number of carboxylic acids is 1. The molecule has 0 aliphatic heterocycles. The van der Waals surface area contributed by atoms with Crippen molar-refractivity contribution < 1.29 is 47.5 Å². The van der Waals surface area contributed by atoms with Crippen LogP contribution in [0.15, 0.2) is 12.2 Å². The molecular weight excluding hydrogens is 781 g/mol. The summed E-state index contributed by atoms with van der Waals surface area (Å²) in [6.07, 6.45) is 45.6. The number of esters is 2. The van der Waals surface area contributed by atoms with Crippen LogP contribution in [0.1, 0.15) is 245 Å². The van der Waals surface area contributed by atoms with Gasteiger partial charge in [0.2, 0.25) is 0 Å². The van der Waals surface area contributed by atoms with Crippen LogP contribution in [0.5, 0.6) is 0 Å². The Bertz CT molecular complexity index is 1070. The molecule has 0 amide bonds. The van der Waals surface area contributed by atoms with Gasteiger partial charge in [-0.3, -0.25) is 23.4 Å². The Morgan fingerprint density at radius 3 is 1.23 bits per heavy atom. The van der Waals surface area contributed by atoms with Crippen LogP contribution in [0.25, 0.3) is 0 Å². The number of carboxylic acid groups (broad SMARTS) is 1. The van der Waals surface area contributed by atoms with Gasteiger partial charge in [-0.05, 0) is 38.5 Å². The van der Waals surface area contributed by atoms with E-state index in [1.165, 1.54) is 161 Å². The van der Waals surface area contributed by atoms with E-state index in [0.29, 0.717) is 12.8 Å². The molecule has 0 rings (SSSR count). The minimum atomic E-state index is -4.71. The highest BCUT2D eigenvalue weighted by Crippen LogP contribution is 2.43. The van der Waals surface area contributed by atoms with Crippen LogP contribution in [0.3, 0.4) is 0 Å². The molecule has 11 nitrogen and oxygen atoms in total. The molecule has 60 heavy (non-hydrogen) atoms. The van der Waals surface area contributed by atoms with E-state index in [1.54, 1.807) is 0 Å². The fourth-order valence-corrected chi connectivity index (χ4v) is 7.90. The summed E-state index contributed by atoms with van der Waals surface area (Å²) in [6, 6.07) is -1.52. The average Bonchev–Trinajstić information content (AvgIpc) is 3.22. The van der Waals surface area contributed by atoms with Gasteiger partial charge in [-0.25, -0.2) is 4.57 Å². The predicted molar refractivity (Wildman–Crippen MR) is 245 cm³/mol. The number of hydrogen-bond donors (Lipinski definition) is 3. The second kappa shape index (κ2) is 43.9. The lowest BCUT2D eigenvalue weighted by Gasteiger charge is -2.20. The van der Waals surface area contributed by atoms with Crippen molar-refractivity contribution in [2.75, 3.05) is 19.8 Å². The number of ether oxygens (including phenoxy) is 2. The minimum absolute atomic E-state index is 0.160. The SMILES string of the molecule is CCCCCC/C=C\CCCCCCCCCC(=O)O[C@H](COC(=O)CCCCCCCCCCCCCCCCCCCCCCC)COP(=O)(O)OC[C@H](N)C(=O)O. The van der Waals surface area contributed by atoms with Gasteiger partial charge >= 0.3 is 25.7 Å². The van der Waals surface area contributed by atoms with E-state index in [0.717, 1.165) is 44.9 Å². The summed E-state index contributed by atoms with van der Waals surface area (Å²) in [5, 5.41) is 8.91. The molecular formula is C48H92NO10P. The van der Waals surface area contributed by atoms with Crippen molar-refractivity contribution >= 4 is 25.7 Å². The summed E-state index contributed by atoms with van der Waals surface area (Å²) in [5.74, 6) is -2.37. The van der Waals surface area contributed by atoms with Crippen molar-refractivity contribution in [1.82, 2.24) is 0 Å². The summed E-state index contributed by atoms with van der Waals surface area (Å²) < 4.78 is 32.8. The van der Waals surface area contributed by atoms with Crippen LogP contribution >= 0.6 is 7.82 Å². The van der Waals surface area contributed by atoms with Gasteiger partial charge in [0.1, 0.15) is 12.6 Å². The first-order chi connectivity index (χ1) is 29.1. The van der Waals surface area contributed by atoms with Crippen molar-refractivity contribution in [3.05, 3.63) is 12.2 Å². The van der Waals surface area contributed by atoms with Gasteiger partial charge in [-0.2, -0.15) is 0 Å². The number of nitrogens with two attached hydrogens (primary N) is 1. The predicted octanol–water partition coefficient (Wildman–Crippen LogP) is 13.6. The largest absolute Gasteiger partial charge is 0.480 e. The molecule has 0 aromatic carbocycles. The average molecular weight is 874 g/mol. The molecule has 12 heteroatoms. The number of allylic oxidation sites excluding steroid dienone is 2. The van der Waals surface area contributed by atoms with Gasteiger partial charge in [-0.15, -0.1) is 0 Å². The van der Waals surface area contributed by atoms with Crippen LogP contribution in [0.2, 0.25) is 0 Å². The third-order valence-corrected chi connectivity index (χ3v) is 12.0. The van der Waals surface area contributed by atoms with Gasteiger partial charge in [0.05, 0.1) is 13.2 Å². The highest BCUT2D eigenvalue weighted by molar-refractivity contribution is 7.47. The zero-order valence-electron chi connectivity index (χ0n) is 38.6. The lowest BCUT2D eigenvalue weighted by Crippen LogP contribution is -2.34. The molecule has 0 fully saturated rings. The Morgan fingerprint density at radius 1 is 0.500 bits per heavy atom. The lowest BCUT2D eigenvalue weighted by atomic mass is 10.0. The van der Waals surface area contributed by atoms with E-state index in [4.69, 9.17) is 24.8 Å². The number of phosphoric acid groups is 1. The smallest absolute Gasteiger partial charge is 0.472 e. The number of carbonyl (C=O) groups is 3. The maximum absolute atomic E-state index is 12.7. The van der Waals surface area contributed by atoms with Crippen molar-refractivity contribution in [1.29, 1.82) is 0 Å². The Morgan fingerprint density at radius 2 is 0.833 bits per heavy atom. The van der Waals surface area contributed by atoms with Crippen LogP contribution < -0.4 is 5.73 Å². The van der Waals surface area contributed by atoms with Crippen molar-refractivity contribution in [3.8, 4) is 0 Å². The number of aliphatic carboxylic acids is 1. The monoisotopic (exact) mass is 874 g/mol. The Kier molecular flexibility index (Phi) is 42.6. The fourth-order valence-electron chi connectivity index (χ4n) is 7.12. The highest BCUT2D eigenvalue weighted by atomic mass is 31.2. The molecule has 0 aromatic heterocycles. The molecule has 0 bridgehead atoms. The van der Waals surface area contributed by atoms with E-state index in [9.17, 15) is 23.8 Å². The Balaban J connectivity index is 4.21. The van der Waals surface area contributed by atoms with Crippen LogP contribution in [0.4, 0.5) is 0 Å². The Hall–Kier alpha value is -1.78. The van der Waals surface area contributed by atoms with Crippen LogP contribution in [0, 0.1) is 0 Å². The molecule has 0 saturated carbocycles. The first-order valence-corrected chi connectivity index (χ1v) is 26.2. The molecule has 0 aromatic rings. The summed E-state index contributed by atoms with van der Waals surface area (Å²) in [4.78, 5) is 46.1. The maximum Gasteiger partial charge on any atom is 0.472 e. The van der Waals surface area contributed by atoms with Crippen molar-refractivity contribution in [3.63, 3.8) is 0 Å². The van der Waals surface area contributed by atoms with Gasteiger partial charge in [-0.1, -0.05) is 206 Å². The van der Waals surface area contributed by atoms with E-state index < -0.39 is 51.1 Å². The maximum atomic E-state index is 12.7. The summed E-state index contributed by atoms with van der Waals surface area (Å²) in [7, 11) is -4.71. The van der Waals surface area contributed by atoms with E-state index in [1.807, 2.05) is 0 Å². The zero-order valence-corrected chi connectivity index (χ0v) is 39.5. The van der Waals surface area contributed by atoms with Crippen LogP contribution in [-0.4, -0.2) is 59.9 Å². The zero-order chi connectivity index (χ0) is 44.2. The topological polar surface area (TPSA) is 172 Å². The molecule has 0 aliphatic carbocycles. The molecule has 0 saturated heterocycles. The molecule has 3 atom stereocenters. The standard InChI is InChI=1S/C48H92NO10P/c1-3-5-7-9-11-13-15-17-19-20-21-22-23-24-26-27-29-31-33-35-37-39-46(50)56-41-44(42-57-60(54,55)58-43-45(49)48(52)53)59-47(51)40-38-36-34-32-30-28-25-18-16-14-12-10-8-6-4-2/h14,16,44-45H,3-13,15,17-43,49H2,1-2H3,(H,52,53)(H,54,55)/b16-14-/t44-,45+/m1/s1.